The third-order valence-corrected chi connectivity index (χ3v) is 5.97. The Morgan fingerprint density at radius 3 is 2.35 bits per heavy atom. The van der Waals surface area contributed by atoms with Crippen LogP contribution in [0, 0.1) is 0 Å². The molecule has 20 heavy (non-hydrogen) atoms. The average Bonchev–Trinajstić information content (AvgIpc) is 2.46. The highest BCUT2D eigenvalue weighted by molar-refractivity contribution is 9.10. The SMILES string of the molecule is CCCCC1=CC=C(S(=O)(=O)c2ccc(Br)cc2)CC1. The maximum Gasteiger partial charge on any atom is 0.202 e. The van der Waals surface area contributed by atoms with Gasteiger partial charge in [-0.05, 0) is 56.0 Å². The quantitative estimate of drug-likeness (QED) is 0.743. The molecule has 2 rings (SSSR count). The van der Waals surface area contributed by atoms with Gasteiger partial charge in [-0.1, -0.05) is 40.9 Å². The maximum atomic E-state index is 12.5. The first kappa shape index (κ1) is 15.5. The lowest BCUT2D eigenvalue weighted by Crippen LogP contribution is -2.07. The van der Waals surface area contributed by atoms with Gasteiger partial charge in [0.1, 0.15) is 0 Å². The van der Waals surface area contributed by atoms with E-state index in [2.05, 4.69) is 22.9 Å². The molecule has 108 valence electrons. The number of halogens is 1. The highest BCUT2D eigenvalue weighted by Crippen LogP contribution is 2.30. The molecule has 0 bridgehead atoms. The van der Waals surface area contributed by atoms with Crippen LogP contribution in [0.2, 0.25) is 0 Å². The Balaban J connectivity index is 2.21. The largest absolute Gasteiger partial charge is 0.219 e. The molecule has 0 N–H and O–H groups in total. The van der Waals surface area contributed by atoms with Crippen molar-refractivity contribution in [2.45, 2.75) is 43.9 Å². The smallest absolute Gasteiger partial charge is 0.202 e. The van der Waals surface area contributed by atoms with Gasteiger partial charge in [-0.2, -0.15) is 0 Å². The molecule has 0 aliphatic heterocycles. The second kappa shape index (κ2) is 6.72. The Labute approximate surface area is 129 Å². The van der Waals surface area contributed by atoms with Gasteiger partial charge in [0, 0.05) is 9.38 Å². The number of hydrogen-bond acceptors (Lipinski definition) is 2. The summed E-state index contributed by atoms with van der Waals surface area (Å²) in [6.07, 6.45) is 8.69. The topological polar surface area (TPSA) is 34.1 Å². The van der Waals surface area contributed by atoms with Gasteiger partial charge in [-0.15, -0.1) is 0 Å². The zero-order valence-electron chi connectivity index (χ0n) is 11.6. The van der Waals surface area contributed by atoms with Crippen molar-refractivity contribution in [3.05, 3.63) is 51.4 Å². The minimum atomic E-state index is -3.33. The van der Waals surface area contributed by atoms with Crippen molar-refractivity contribution in [2.24, 2.45) is 0 Å². The fraction of sp³-hybridized carbons (Fsp3) is 0.375. The third-order valence-electron chi connectivity index (χ3n) is 3.52. The van der Waals surface area contributed by atoms with Gasteiger partial charge in [0.25, 0.3) is 0 Å². The predicted octanol–water partition coefficient (Wildman–Crippen LogP) is 5.02. The Morgan fingerprint density at radius 2 is 1.80 bits per heavy atom. The first-order chi connectivity index (χ1) is 9.54. The molecule has 0 spiro atoms. The molecule has 0 aromatic heterocycles. The molecule has 2 nitrogen and oxygen atoms in total. The van der Waals surface area contributed by atoms with E-state index in [0.29, 0.717) is 16.2 Å². The zero-order chi connectivity index (χ0) is 14.6. The Hall–Kier alpha value is -0.870. The molecule has 1 aliphatic carbocycles. The van der Waals surface area contributed by atoms with Gasteiger partial charge in [0.2, 0.25) is 9.84 Å². The summed E-state index contributed by atoms with van der Waals surface area (Å²) in [4.78, 5) is 0.900. The van der Waals surface area contributed by atoms with Crippen molar-refractivity contribution in [2.75, 3.05) is 0 Å². The lowest BCUT2D eigenvalue weighted by atomic mass is 10.00. The van der Waals surface area contributed by atoms with Crippen LogP contribution in [-0.4, -0.2) is 8.42 Å². The van der Waals surface area contributed by atoms with Crippen molar-refractivity contribution in [3.63, 3.8) is 0 Å². The van der Waals surface area contributed by atoms with Crippen molar-refractivity contribution in [3.8, 4) is 0 Å². The molecule has 0 radical (unpaired) electrons. The fourth-order valence-electron chi connectivity index (χ4n) is 2.26. The summed E-state index contributed by atoms with van der Waals surface area (Å²) in [6.45, 7) is 2.17. The minimum absolute atomic E-state index is 0.373. The fourth-order valence-corrected chi connectivity index (χ4v) is 3.94. The average molecular weight is 355 g/mol. The predicted molar refractivity (Wildman–Crippen MR) is 86.3 cm³/mol. The molecule has 0 amide bonds. The second-order valence-electron chi connectivity index (χ2n) is 5.02. The molecular weight excluding hydrogens is 336 g/mol. The van der Waals surface area contributed by atoms with Crippen LogP contribution >= 0.6 is 15.9 Å². The molecule has 0 saturated carbocycles. The first-order valence-electron chi connectivity index (χ1n) is 6.93. The van der Waals surface area contributed by atoms with E-state index < -0.39 is 9.84 Å². The van der Waals surface area contributed by atoms with Crippen molar-refractivity contribution < 1.29 is 8.42 Å². The number of benzene rings is 1. The van der Waals surface area contributed by atoms with E-state index in [1.807, 2.05) is 6.08 Å². The summed E-state index contributed by atoms with van der Waals surface area (Å²) in [5.74, 6) is 0. The lowest BCUT2D eigenvalue weighted by molar-refractivity contribution is 0.599. The molecule has 0 unspecified atom stereocenters. The molecule has 0 fully saturated rings. The number of sulfone groups is 1. The van der Waals surface area contributed by atoms with E-state index in [1.165, 1.54) is 18.4 Å². The van der Waals surface area contributed by atoms with Crippen molar-refractivity contribution >= 4 is 25.8 Å². The molecule has 4 heteroatoms. The number of hydrogen-bond donors (Lipinski definition) is 0. The number of rotatable bonds is 5. The van der Waals surface area contributed by atoms with Crippen LogP contribution in [-0.2, 0) is 9.84 Å². The summed E-state index contributed by atoms with van der Waals surface area (Å²) in [5, 5.41) is 0. The molecule has 0 heterocycles. The summed E-state index contributed by atoms with van der Waals surface area (Å²) in [5.41, 5.74) is 1.36. The van der Waals surface area contributed by atoms with Gasteiger partial charge in [-0.3, -0.25) is 0 Å². The van der Waals surface area contributed by atoms with Crippen LogP contribution in [0.3, 0.4) is 0 Å². The highest BCUT2D eigenvalue weighted by Gasteiger charge is 2.22. The highest BCUT2D eigenvalue weighted by atomic mass is 79.9. The van der Waals surface area contributed by atoms with E-state index in [1.54, 1.807) is 30.3 Å². The van der Waals surface area contributed by atoms with E-state index in [0.717, 1.165) is 17.3 Å². The molecule has 0 saturated heterocycles. The first-order valence-corrected chi connectivity index (χ1v) is 9.21. The van der Waals surface area contributed by atoms with Gasteiger partial charge in [0.05, 0.1) is 4.90 Å². The van der Waals surface area contributed by atoms with E-state index >= 15 is 0 Å². The Kier molecular flexibility index (Phi) is 5.22. The lowest BCUT2D eigenvalue weighted by Gasteiger charge is -2.15. The summed E-state index contributed by atoms with van der Waals surface area (Å²) < 4.78 is 25.9. The van der Waals surface area contributed by atoms with Gasteiger partial charge >= 0.3 is 0 Å². The Bertz CT molecular complexity index is 625. The van der Waals surface area contributed by atoms with Crippen LogP contribution in [0.25, 0.3) is 0 Å². The Morgan fingerprint density at radius 1 is 1.10 bits per heavy atom. The minimum Gasteiger partial charge on any atom is -0.219 e. The zero-order valence-corrected chi connectivity index (χ0v) is 14.0. The van der Waals surface area contributed by atoms with Crippen LogP contribution in [0.4, 0.5) is 0 Å². The van der Waals surface area contributed by atoms with Crippen molar-refractivity contribution in [1.82, 2.24) is 0 Å². The maximum absolute atomic E-state index is 12.5. The van der Waals surface area contributed by atoms with Crippen LogP contribution in [0.1, 0.15) is 39.0 Å². The summed E-state index contributed by atoms with van der Waals surface area (Å²) in [6, 6.07) is 6.82. The molecule has 0 atom stereocenters. The van der Waals surface area contributed by atoms with Crippen LogP contribution in [0.5, 0.6) is 0 Å². The normalized spacial score (nSPS) is 15.7. The summed E-state index contributed by atoms with van der Waals surface area (Å²) >= 11 is 3.32. The molecule has 1 aromatic rings. The van der Waals surface area contributed by atoms with Crippen LogP contribution in [0.15, 0.2) is 56.3 Å². The third kappa shape index (κ3) is 3.61. The van der Waals surface area contributed by atoms with Crippen molar-refractivity contribution in [1.29, 1.82) is 0 Å². The van der Waals surface area contributed by atoms with E-state index in [4.69, 9.17) is 0 Å². The monoisotopic (exact) mass is 354 g/mol. The number of allylic oxidation sites excluding steroid dienone is 4. The van der Waals surface area contributed by atoms with E-state index in [9.17, 15) is 8.42 Å². The summed E-state index contributed by atoms with van der Waals surface area (Å²) in [7, 11) is -3.33. The molecule has 1 aromatic carbocycles. The van der Waals surface area contributed by atoms with Crippen LogP contribution < -0.4 is 0 Å². The molecular formula is C16H19BrO2S. The van der Waals surface area contributed by atoms with Gasteiger partial charge in [0.15, 0.2) is 0 Å². The standard InChI is InChI=1S/C16H19BrO2S/c1-2-3-4-13-5-9-15(10-6-13)20(18,19)16-11-7-14(17)8-12-16/h5,7-9,11-12H,2-4,6,10H2,1H3. The molecule has 1 aliphatic rings. The van der Waals surface area contributed by atoms with Gasteiger partial charge in [-0.25, -0.2) is 8.42 Å². The number of unbranched alkanes of at least 4 members (excludes halogenated alkanes) is 1. The van der Waals surface area contributed by atoms with E-state index in [-0.39, 0.29) is 0 Å². The second-order valence-corrected chi connectivity index (χ2v) is 7.94. The van der Waals surface area contributed by atoms with Gasteiger partial charge < -0.3 is 0 Å².